The van der Waals surface area contributed by atoms with Crippen molar-refractivity contribution < 1.29 is 14.3 Å². The third kappa shape index (κ3) is 6.30. The van der Waals surface area contributed by atoms with E-state index in [2.05, 4.69) is 17.6 Å². The Hall–Kier alpha value is -2.82. The normalized spacial score (nSPS) is 10.2. The van der Waals surface area contributed by atoms with Gasteiger partial charge in [-0.25, -0.2) is 0 Å². The third-order valence-electron chi connectivity index (χ3n) is 3.86. The summed E-state index contributed by atoms with van der Waals surface area (Å²) in [6.45, 7) is 2.05. The number of hydrogen-bond acceptors (Lipinski definition) is 3. The molecule has 0 aliphatic rings. The number of amides is 2. The van der Waals surface area contributed by atoms with Crippen molar-refractivity contribution in [2.24, 2.45) is 0 Å². The Kier molecular flexibility index (Phi) is 7.01. The summed E-state index contributed by atoms with van der Waals surface area (Å²) in [7, 11) is 1.63. The molecule has 0 fully saturated rings. The van der Waals surface area contributed by atoms with Gasteiger partial charge in [0.2, 0.25) is 5.91 Å². The van der Waals surface area contributed by atoms with Gasteiger partial charge >= 0.3 is 0 Å². The standard InChI is InChI=1S/C20H24N2O3/c1-3-15-6-11-18(12-7-15)25-14-20(24)22-17-9-4-16(5-10-17)8-13-19(23)21-2/h4-7,9-12H,3,8,13-14H2,1-2H3,(H,21,23)(H,22,24). The molecule has 2 N–H and O–H groups in total. The molecule has 0 aliphatic heterocycles. The van der Waals surface area contributed by atoms with Crippen molar-refractivity contribution in [1.82, 2.24) is 5.32 Å². The molecule has 5 heteroatoms. The minimum atomic E-state index is -0.210. The first-order valence-electron chi connectivity index (χ1n) is 8.42. The summed E-state index contributed by atoms with van der Waals surface area (Å²) in [4.78, 5) is 23.2. The van der Waals surface area contributed by atoms with E-state index in [4.69, 9.17) is 4.74 Å². The maximum atomic E-state index is 12.0. The van der Waals surface area contributed by atoms with E-state index in [-0.39, 0.29) is 18.4 Å². The molecule has 0 unspecified atom stereocenters. The lowest BCUT2D eigenvalue weighted by Gasteiger charge is -2.09. The first-order chi connectivity index (χ1) is 12.1. The Bertz CT molecular complexity index is 694. The fourth-order valence-electron chi connectivity index (χ4n) is 2.30. The zero-order chi connectivity index (χ0) is 18.1. The van der Waals surface area contributed by atoms with Gasteiger partial charge in [0.1, 0.15) is 5.75 Å². The highest BCUT2D eigenvalue weighted by Gasteiger charge is 2.05. The molecule has 25 heavy (non-hydrogen) atoms. The van der Waals surface area contributed by atoms with Gasteiger partial charge in [-0.15, -0.1) is 0 Å². The van der Waals surface area contributed by atoms with Crippen LogP contribution in [-0.4, -0.2) is 25.5 Å². The van der Waals surface area contributed by atoms with Crippen LogP contribution in [-0.2, 0) is 22.4 Å². The topological polar surface area (TPSA) is 67.4 Å². The zero-order valence-corrected chi connectivity index (χ0v) is 14.7. The molecule has 0 heterocycles. The van der Waals surface area contributed by atoms with Crippen molar-refractivity contribution in [3.05, 3.63) is 59.7 Å². The fourth-order valence-corrected chi connectivity index (χ4v) is 2.30. The monoisotopic (exact) mass is 340 g/mol. The number of carbonyl (C=O) groups excluding carboxylic acids is 2. The SMILES string of the molecule is CCc1ccc(OCC(=O)Nc2ccc(CCC(=O)NC)cc2)cc1. The quantitative estimate of drug-likeness (QED) is 0.776. The van der Waals surface area contributed by atoms with Gasteiger partial charge in [-0.2, -0.15) is 0 Å². The van der Waals surface area contributed by atoms with Crippen molar-refractivity contribution in [3.63, 3.8) is 0 Å². The summed E-state index contributed by atoms with van der Waals surface area (Å²) in [5.74, 6) is 0.482. The molecule has 0 saturated heterocycles. The van der Waals surface area contributed by atoms with E-state index in [1.54, 1.807) is 7.05 Å². The van der Waals surface area contributed by atoms with Crippen LogP contribution in [0.25, 0.3) is 0 Å². The van der Waals surface area contributed by atoms with Crippen LogP contribution in [0.15, 0.2) is 48.5 Å². The predicted octanol–water partition coefficient (Wildman–Crippen LogP) is 2.95. The van der Waals surface area contributed by atoms with Crippen molar-refractivity contribution in [3.8, 4) is 5.75 Å². The Labute approximate surface area is 148 Å². The molecule has 2 rings (SSSR count). The third-order valence-corrected chi connectivity index (χ3v) is 3.86. The molecule has 5 nitrogen and oxygen atoms in total. The minimum Gasteiger partial charge on any atom is -0.484 e. The van der Waals surface area contributed by atoms with E-state index in [0.29, 0.717) is 24.3 Å². The first kappa shape index (κ1) is 18.5. The largest absolute Gasteiger partial charge is 0.484 e. The highest BCUT2D eigenvalue weighted by atomic mass is 16.5. The number of carbonyl (C=O) groups is 2. The van der Waals surface area contributed by atoms with Crippen molar-refractivity contribution in [2.75, 3.05) is 19.0 Å². The van der Waals surface area contributed by atoms with Gasteiger partial charge in [-0.3, -0.25) is 9.59 Å². The highest BCUT2D eigenvalue weighted by molar-refractivity contribution is 5.91. The second-order valence-corrected chi connectivity index (χ2v) is 5.70. The van der Waals surface area contributed by atoms with Crippen LogP contribution in [0.5, 0.6) is 5.75 Å². The van der Waals surface area contributed by atoms with E-state index in [1.807, 2.05) is 48.5 Å². The average Bonchev–Trinajstić information content (AvgIpc) is 2.66. The number of anilines is 1. The van der Waals surface area contributed by atoms with Gasteiger partial charge in [0.05, 0.1) is 0 Å². The van der Waals surface area contributed by atoms with E-state index in [1.165, 1.54) is 5.56 Å². The molecular weight excluding hydrogens is 316 g/mol. The minimum absolute atomic E-state index is 0.0153. The van der Waals surface area contributed by atoms with E-state index in [9.17, 15) is 9.59 Å². The van der Waals surface area contributed by atoms with Crippen molar-refractivity contribution >= 4 is 17.5 Å². The summed E-state index contributed by atoms with van der Waals surface area (Å²) >= 11 is 0. The summed E-state index contributed by atoms with van der Waals surface area (Å²) in [5.41, 5.74) is 2.99. The zero-order valence-electron chi connectivity index (χ0n) is 14.7. The highest BCUT2D eigenvalue weighted by Crippen LogP contribution is 2.14. The van der Waals surface area contributed by atoms with Gasteiger partial charge in [-0.1, -0.05) is 31.2 Å². The summed E-state index contributed by atoms with van der Waals surface area (Å²) in [6, 6.07) is 15.2. The predicted molar refractivity (Wildman–Crippen MR) is 98.8 cm³/mol. The summed E-state index contributed by atoms with van der Waals surface area (Å²) in [6.07, 6.45) is 2.09. The Morgan fingerprint density at radius 1 is 0.920 bits per heavy atom. The molecule has 0 bridgehead atoms. The maximum Gasteiger partial charge on any atom is 0.262 e. The lowest BCUT2D eigenvalue weighted by molar-refractivity contribution is -0.120. The van der Waals surface area contributed by atoms with Gasteiger partial charge in [0.15, 0.2) is 6.61 Å². The Morgan fingerprint density at radius 2 is 1.56 bits per heavy atom. The van der Waals surface area contributed by atoms with E-state index in [0.717, 1.165) is 12.0 Å². The summed E-state index contributed by atoms with van der Waals surface area (Å²) < 4.78 is 5.48. The lowest BCUT2D eigenvalue weighted by Crippen LogP contribution is -2.20. The van der Waals surface area contributed by atoms with Gasteiger partial charge in [0.25, 0.3) is 5.91 Å². The van der Waals surface area contributed by atoms with Crippen LogP contribution in [0.2, 0.25) is 0 Å². The number of rotatable bonds is 8. The molecule has 0 atom stereocenters. The second-order valence-electron chi connectivity index (χ2n) is 5.70. The van der Waals surface area contributed by atoms with Gasteiger partial charge in [0, 0.05) is 19.2 Å². The molecular formula is C20H24N2O3. The van der Waals surface area contributed by atoms with Gasteiger partial charge in [-0.05, 0) is 48.2 Å². The molecule has 0 spiro atoms. The van der Waals surface area contributed by atoms with Crippen LogP contribution in [0.3, 0.4) is 0 Å². The second kappa shape index (κ2) is 9.47. The smallest absolute Gasteiger partial charge is 0.262 e. The molecule has 2 amide bonds. The maximum absolute atomic E-state index is 12.0. The lowest BCUT2D eigenvalue weighted by atomic mass is 10.1. The van der Waals surface area contributed by atoms with Crippen LogP contribution >= 0.6 is 0 Å². The summed E-state index contributed by atoms with van der Waals surface area (Å²) in [5, 5.41) is 5.39. The average molecular weight is 340 g/mol. The number of nitrogens with one attached hydrogen (secondary N) is 2. The Balaban J connectivity index is 1.78. The van der Waals surface area contributed by atoms with E-state index < -0.39 is 0 Å². The van der Waals surface area contributed by atoms with Crippen LogP contribution in [0, 0.1) is 0 Å². The van der Waals surface area contributed by atoms with E-state index >= 15 is 0 Å². The van der Waals surface area contributed by atoms with Crippen LogP contribution < -0.4 is 15.4 Å². The molecule has 0 aromatic heterocycles. The van der Waals surface area contributed by atoms with Crippen molar-refractivity contribution in [1.29, 1.82) is 0 Å². The molecule has 2 aromatic rings. The Morgan fingerprint density at radius 3 is 2.16 bits per heavy atom. The first-order valence-corrected chi connectivity index (χ1v) is 8.42. The fraction of sp³-hybridized carbons (Fsp3) is 0.300. The molecule has 0 radical (unpaired) electrons. The van der Waals surface area contributed by atoms with Crippen molar-refractivity contribution in [2.45, 2.75) is 26.2 Å². The molecule has 0 aliphatic carbocycles. The molecule has 2 aromatic carbocycles. The molecule has 132 valence electrons. The molecule has 0 saturated carbocycles. The number of hydrogen-bond donors (Lipinski definition) is 2. The number of aryl methyl sites for hydroxylation is 2. The van der Waals surface area contributed by atoms with Crippen LogP contribution in [0.4, 0.5) is 5.69 Å². The number of benzene rings is 2. The van der Waals surface area contributed by atoms with Gasteiger partial charge < -0.3 is 15.4 Å². The number of ether oxygens (including phenoxy) is 1. The van der Waals surface area contributed by atoms with Crippen LogP contribution in [0.1, 0.15) is 24.5 Å².